The van der Waals surface area contributed by atoms with E-state index in [2.05, 4.69) is 5.10 Å². The van der Waals surface area contributed by atoms with Crippen LogP contribution in [0.5, 0.6) is 0 Å². The van der Waals surface area contributed by atoms with Gasteiger partial charge in [0.25, 0.3) is 11.8 Å². The van der Waals surface area contributed by atoms with Crippen LogP contribution < -0.4 is 0 Å². The van der Waals surface area contributed by atoms with Crippen molar-refractivity contribution in [3.8, 4) is 0 Å². The first-order valence-corrected chi connectivity index (χ1v) is 6.51. The molecule has 0 N–H and O–H groups in total. The Kier molecular flexibility index (Phi) is 3.60. The molecule has 0 saturated carbocycles. The summed E-state index contributed by atoms with van der Waals surface area (Å²) in [5.74, 6) is -2.69. The molecular weight excluding hydrogens is 252 g/mol. The molecule has 106 valence electrons. The second-order valence-electron chi connectivity index (χ2n) is 5.40. The minimum Gasteiger partial charge on any atom is -0.338 e. The molecule has 4 nitrogen and oxygen atoms in total. The third kappa shape index (κ3) is 2.93. The number of nitrogens with zero attached hydrogens (tertiary/aromatic N) is 3. The Morgan fingerprint density at radius 1 is 1.37 bits per heavy atom. The van der Waals surface area contributed by atoms with Crippen molar-refractivity contribution in [3.63, 3.8) is 0 Å². The molecule has 0 radical (unpaired) electrons. The Morgan fingerprint density at radius 2 is 1.95 bits per heavy atom. The molecule has 19 heavy (non-hydrogen) atoms. The second kappa shape index (κ2) is 4.90. The summed E-state index contributed by atoms with van der Waals surface area (Å²) in [5.41, 5.74) is 1.26. The van der Waals surface area contributed by atoms with Gasteiger partial charge in [-0.3, -0.25) is 9.48 Å². The van der Waals surface area contributed by atoms with Crippen LogP contribution in [0.2, 0.25) is 0 Å². The van der Waals surface area contributed by atoms with Gasteiger partial charge in [-0.05, 0) is 5.92 Å². The van der Waals surface area contributed by atoms with Crippen molar-refractivity contribution in [2.24, 2.45) is 7.05 Å². The number of halogens is 2. The quantitative estimate of drug-likeness (QED) is 0.828. The number of likely N-dealkylation sites (tertiary alicyclic amines) is 1. The maximum atomic E-state index is 13.1. The first-order chi connectivity index (χ1) is 8.80. The van der Waals surface area contributed by atoms with Crippen molar-refractivity contribution in [2.45, 2.75) is 38.5 Å². The molecule has 1 amide bonds. The van der Waals surface area contributed by atoms with E-state index in [1.165, 1.54) is 4.90 Å². The van der Waals surface area contributed by atoms with Crippen LogP contribution >= 0.6 is 0 Å². The topological polar surface area (TPSA) is 38.1 Å². The van der Waals surface area contributed by atoms with E-state index in [-0.39, 0.29) is 37.8 Å². The number of aryl methyl sites for hydroxylation is 1. The Hall–Kier alpha value is -1.46. The van der Waals surface area contributed by atoms with Gasteiger partial charge in [0, 0.05) is 39.2 Å². The first kappa shape index (κ1) is 14.0. The lowest BCUT2D eigenvalue weighted by atomic mass is 10.0. The zero-order valence-corrected chi connectivity index (χ0v) is 11.5. The van der Waals surface area contributed by atoms with Crippen molar-refractivity contribution >= 4 is 5.91 Å². The van der Waals surface area contributed by atoms with Gasteiger partial charge in [-0.25, -0.2) is 8.78 Å². The minimum atomic E-state index is -2.63. The molecule has 0 atom stereocenters. The predicted octanol–water partition coefficient (Wildman–Crippen LogP) is 2.41. The Bertz CT molecular complexity index is 472. The summed E-state index contributed by atoms with van der Waals surface area (Å²) in [6.07, 6.45) is 1.16. The zero-order chi connectivity index (χ0) is 14.2. The molecule has 1 aliphatic rings. The fraction of sp³-hybridized carbons (Fsp3) is 0.692. The number of aromatic nitrogens is 2. The van der Waals surface area contributed by atoms with E-state index in [9.17, 15) is 13.6 Å². The third-order valence-electron chi connectivity index (χ3n) is 3.42. The largest absolute Gasteiger partial charge is 0.338 e. The summed E-state index contributed by atoms with van der Waals surface area (Å²) in [6.45, 7) is 4.14. The summed E-state index contributed by atoms with van der Waals surface area (Å²) in [5, 5.41) is 4.28. The van der Waals surface area contributed by atoms with Crippen molar-refractivity contribution in [3.05, 3.63) is 17.5 Å². The normalized spacial score (nSPS) is 18.9. The molecule has 0 aliphatic carbocycles. The van der Waals surface area contributed by atoms with Crippen LogP contribution in [0, 0.1) is 0 Å². The Morgan fingerprint density at radius 3 is 2.47 bits per heavy atom. The maximum absolute atomic E-state index is 13.1. The fourth-order valence-electron chi connectivity index (χ4n) is 2.30. The van der Waals surface area contributed by atoms with Gasteiger partial charge >= 0.3 is 0 Å². The van der Waals surface area contributed by atoms with Crippen LogP contribution in [0.3, 0.4) is 0 Å². The molecule has 0 spiro atoms. The lowest BCUT2D eigenvalue weighted by Gasteiger charge is -2.31. The summed E-state index contributed by atoms with van der Waals surface area (Å²) < 4.78 is 27.8. The van der Waals surface area contributed by atoms with Crippen molar-refractivity contribution in [2.75, 3.05) is 13.1 Å². The third-order valence-corrected chi connectivity index (χ3v) is 3.42. The van der Waals surface area contributed by atoms with Gasteiger partial charge < -0.3 is 4.90 Å². The molecule has 1 saturated heterocycles. The van der Waals surface area contributed by atoms with E-state index >= 15 is 0 Å². The SMILES string of the molecule is CC(C)c1nn(C)cc1C(=O)N1CCC(F)(F)CC1. The summed E-state index contributed by atoms with van der Waals surface area (Å²) in [4.78, 5) is 13.9. The van der Waals surface area contributed by atoms with Crippen molar-refractivity contribution in [1.82, 2.24) is 14.7 Å². The van der Waals surface area contributed by atoms with Crippen LogP contribution in [0.1, 0.15) is 48.7 Å². The first-order valence-electron chi connectivity index (χ1n) is 6.51. The molecule has 1 fully saturated rings. The second-order valence-corrected chi connectivity index (χ2v) is 5.40. The van der Waals surface area contributed by atoms with Crippen LogP contribution in [-0.4, -0.2) is 39.6 Å². The van der Waals surface area contributed by atoms with Gasteiger partial charge in [0.15, 0.2) is 0 Å². The van der Waals surface area contributed by atoms with Gasteiger partial charge in [-0.2, -0.15) is 5.10 Å². The number of piperidine rings is 1. The van der Waals surface area contributed by atoms with E-state index in [0.29, 0.717) is 5.56 Å². The molecule has 2 rings (SSSR count). The van der Waals surface area contributed by atoms with Crippen LogP contribution in [-0.2, 0) is 7.05 Å². The molecule has 6 heteroatoms. The highest BCUT2D eigenvalue weighted by atomic mass is 19.3. The highest BCUT2D eigenvalue weighted by Crippen LogP contribution is 2.29. The average Bonchev–Trinajstić information content (AvgIpc) is 2.70. The molecule has 1 aromatic rings. The molecule has 0 aromatic carbocycles. The molecule has 0 unspecified atom stereocenters. The lowest BCUT2D eigenvalue weighted by molar-refractivity contribution is -0.0494. The van der Waals surface area contributed by atoms with E-state index in [1.54, 1.807) is 17.9 Å². The molecule has 1 aliphatic heterocycles. The number of carbonyl (C=O) groups is 1. The fourth-order valence-corrected chi connectivity index (χ4v) is 2.30. The molecule has 0 bridgehead atoms. The van der Waals surface area contributed by atoms with Crippen LogP contribution in [0.25, 0.3) is 0 Å². The number of carbonyl (C=O) groups excluding carboxylic acids is 1. The zero-order valence-electron chi connectivity index (χ0n) is 11.5. The smallest absolute Gasteiger partial charge is 0.257 e. The lowest BCUT2D eigenvalue weighted by Crippen LogP contribution is -2.42. The predicted molar refractivity (Wildman–Crippen MR) is 67.4 cm³/mol. The maximum Gasteiger partial charge on any atom is 0.257 e. The van der Waals surface area contributed by atoms with Crippen LogP contribution in [0.15, 0.2) is 6.20 Å². The highest BCUT2D eigenvalue weighted by Gasteiger charge is 2.36. The number of alkyl halides is 2. The average molecular weight is 271 g/mol. The van der Waals surface area contributed by atoms with Crippen molar-refractivity contribution in [1.29, 1.82) is 0 Å². The van der Waals surface area contributed by atoms with E-state index < -0.39 is 5.92 Å². The van der Waals surface area contributed by atoms with Gasteiger partial charge in [0.1, 0.15) is 0 Å². The molecule has 1 aromatic heterocycles. The van der Waals surface area contributed by atoms with E-state index in [1.807, 2.05) is 13.8 Å². The van der Waals surface area contributed by atoms with Gasteiger partial charge in [-0.1, -0.05) is 13.8 Å². The number of hydrogen-bond donors (Lipinski definition) is 0. The summed E-state index contributed by atoms with van der Waals surface area (Å²) in [7, 11) is 1.76. The van der Waals surface area contributed by atoms with Gasteiger partial charge in [0.05, 0.1) is 11.3 Å². The Labute approximate surface area is 111 Å². The van der Waals surface area contributed by atoms with Crippen molar-refractivity contribution < 1.29 is 13.6 Å². The number of rotatable bonds is 2. The summed E-state index contributed by atoms with van der Waals surface area (Å²) in [6, 6.07) is 0. The van der Waals surface area contributed by atoms with E-state index in [0.717, 1.165) is 5.69 Å². The van der Waals surface area contributed by atoms with E-state index in [4.69, 9.17) is 0 Å². The monoisotopic (exact) mass is 271 g/mol. The van der Waals surface area contributed by atoms with Gasteiger partial charge in [-0.15, -0.1) is 0 Å². The number of amides is 1. The summed E-state index contributed by atoms with van der Waals surface area (Å²) >= 11 is 0. The molecule has 2 heterocycles. The number of hydrogen-bond acceptors (Lipinski definition) is 2. The van der Waals surface area contributed by atoms with Gasteiger partial charge in [0.2, 0.25) is 0 Å². The van der Waals surface area contributed by atoms with Crippen LogP contribution in [0.4, 0.5) is 8.78 Å². The Balaban J connectivity index is 2.17. The minimum absolute atomic E-state index is 0.109. The standard InChI is InChI=1S/C13H19F2N3O/c1-9(2)11-10(8-17(3)16-11)12(19)18-6-4-13(14,15)5-7-18/h8-9H,4-7H2,1-3H3. The highest BCUT2D eigenvalue weighted by molar-refractivity contribution is 5.95. The molecular formula is C13H19F2N3O.